The quantitative estimate of drug-likeness (QED) is 0.445. The van der Waals surface area contributed by atoms with Crippen molar-refractivity contribution in [3.8, 4) is 0 Å². The van der Waals surface area contributed by atoms with Crippen molar-refractivity contribution in [2.24, 2.45) is 0 Å². The zero-order valence-corrected chi connectivity index (χ0v) is 12.4. The molecule has 0 bridgehead atoms. The van der Waals surface area contributed by atoms with Crippen LogP contribution in [0.3, 0.4) is 0 Å². The molecule has 0 saturated carbocycles. The standard InChI is InChI=1S/C13H30N2S/c1-13(2)14-10-8-6-5-7-9-11-15(3)12-16-4/h13-14H,5-12H2,1-4H3. The largest absolute Gasteiger partial charge is 0.315 e. The lowest BCUT2D eigenvalue weighted by molar-refractivity contribution is 0.376. The summed E-state index contributed by atoms with van der Waals surface area (Å²) in [7, 11) is 2.21. The molecule has 2 nitrogen and oxygen atoms in total. The van der Waals surface area contributed by atoms with Gasteiger partial charge in [-0.25, -0.2) is 0 Å². The van der Waals surface area contributed by atoms with Gasteiger partial charge in [0, 0.05) is 11.9 Å². The van der Waals surface area contributed by atoms with Gasteiger partial charge in [-0.05, 0) is 39.2 Å². The smallest absolute Gasteiger partial charge is 0.0438 e. The molecule has 0 fully saturated rings. The third kappa shape index (κ3) is 12.3. The molecule has 0 rings (SSSR count). The summed E-state index contributed by atoms with van der Waals surface area (Å²) in [6, 6.07) is 0.639. The molecule has 0 radical (unpaired) electrons. The first-order chi connectivity index (χ1) is 7.66. The van der Waals surface area contributed by atoms with Crippen LogP contribution in [0.4, 0.5) is 0 Å². The predicted octanol–water partition coefficient (Wildman–Crippen LogP) is 3.19. The lowest BCUT2D eigenvalue weighted by Gasteiger charge is -2.14. The Labute approximate surface area is 107 Å². The summed E-state index contributed by atoms with van der Waals surface area (Å²) in [4.78, 5) is 2.41. The SMILES string of the molecule is CSCN(C)CCCCCCCNC(C)C. The van der Waals surface area contributed by atoms with Crippen molar-refractivity contribution in [1.29, 1.82) is 0 Å². The van der Waals surface area contributed by atoms with E-state index >= 15 is 0 Å². The third-order valence-corrected chi connectivity index (χ3v) is 3.32. The van der Waals surface area contributed by atoms with Crippen LogP contribution >= 0.6 is 11.8 Å². The van der Waals surface area contributed by atoms with Crippen molar-refractivity contribution >= 4 is 11.8 Å². The highest BCUT2D eigenvalue weighted by molar-refractivity contribution is 7.98. The highest BCUT2D eigenvalue weighted by atomic mass is 32.2. The molecule has 1 N–H and O–H groups in total. The summed E-state index contributed by atoms with van der Waals surface area (Å²) >= 11 is 1.90. The highest BCUT2D eigenvalue weighted by Crippen LogP contribution is 2.04. The molecule has 0 atom stereocenters. The molecule has 0 spiro atoms. The summed E-state index contributed by atoms with van der Waals surface area (Å²) in [5, 5.41) is 3.46. The minimum atomic E-state index is 0.639. The summed E-state index contributed by atoms with van der Waals surface area (Å²) in [5.41, 5.74) is 0. The van der Waals surface area contributed by atoms with Crippen molar-refractivity contribution in [3.05, 3.63) is 0 Å². The molecular weight excluding hydrogens is 216 g/mol. The summed E-state index contributed by atoms with van der Waals surface area (Å²) in [6.07, 6.45) is 9.02. The van der Waals surface area contributed by atoms with Crippen LogP contribution in [0.15, 0.2) is 0 Å². The summed E-state index contributed by atoms with van der Waals surface area (Å²) in [6.45, 7) is 6.86. The molecule has 0 heterocycles. The fourth-order valence-electron chi connectivity index (χ4n) is 1.71. The van der Waals surface area contributed by atoms with E-state index in [1.54, 1.807) is 0 Å². The number of nitrogens with zero attached hydrogens (tertiary/aromatic N) is 1. The fourth-order valence-corrected chi connectivity index (χ4v) is 2.28. The summed E-state index contributed by atoms with van der Waals surface area (Å²) < 4.78 is 0. The molecule has 98 valence electrons. The maximum Gasteiger partial charge on any atom is 0.0438 e. The van der Waals surface area contributed by atoms with Crippen LogP contribution in [0.25, 0.3) is 0 Å². The van der Waals surface area contributed by atoms with Crippen LogP contribution in [0.2, 0.25) is 0 Å². The first-order valence-corrected chi connectivity index (χ1v) is 7.97. The van der Waals surface area contributed by atoms with E-state index in [9.17, 15) is 0 Å². The monoisotopic (exact) mass is 246 g/mol. The molecule has 0 aromatic rings. The van der Waals surface area contributed by atoms with Gasteiger partial charge in [-0.1, -0.05) is 33.1 Å². The fraction of sp³-hybridized carbons (Fsp3) is 1.00. The van der Waals surface area contributed by atoms with Crippen LogP contribution < -0.4 is 5.32 Å². The molecule has 0 unspecified atom stereocenters. The van der Waals surface area contributed by atoms with Gasteiger partial charge in [-0.2, -0.15) is 0 Å². The topological polar surface area (TPSA) is 15.3 Å². The Bertz CT molecular complexity index is 140. The lowest BCUT2D eigenvalue weighted by Crippen LogP contribution is -2.23. The van der Waals surface area contributed by atoms with Crippen molar-refractivity contribution in [1.82, 2.24) is 10.2 Å². The second-order valence-corrected chi connectivity index (χ2v) is 5.71. The second kappa shape index (κ2) is 11.7. The summed E-state index contributed by atoms with van der Waals surface area (Å²) in [5.74, 6) is 1.16. The highest BCUT2D eigenvalue weighted by Gasteiger charge is 1.96. The number of unbranched alkanes of at least 4 members (excludes halogenated alkanes) is 4. The van der Waals surface area contributed by atoms with E-state index in [1.165, 1.54) is 45.2 Å². The van der Waals surface area contributed by atoms with E-state index in [2.05, 4.69) is 37.4 Å². The third-order valence-electron chi connectivity index (χ3n) is 2.62. The molecule has 16 heavy (non-hydrogen) atoms. The van der Waals surface area contributed by atoms with E-state index in [1.807, 2.05) is 11.8 Å². The second-order valence-electron chi connectivity index (χ2n) is 4.87. The minimum Gasteiger partial charge on any atom is -0.315 e. The van der Waals surface area contributed by atoms with Crippen LogP contribution in [-0.4, -0.2) is 43.2 Å². The molecule has 0 aromatic heterocycles. The normalized spacial score (nSPS) is 11.6. The zero-order valence-electron chi connectivity index (χ0n) is 11.6. The van der Waals surface area contributed by atoms with Gasteiger partial charge in [0.15, 0.2) is 0 Å². The van der Waals surface area contributed by atoms with Gasteiger partial charge in [0.05, 0.1) is 0 Å². The first-order valence-electron chi connectivity index (χ1n) is 6.57. The number of rotatable bonds is 11. The average molecular weight is 246 g/mol. The van der Waals surface area contributed by atoms with Crippen molar-refractivity contribution in [2.45, 2.75) is 52.0 Å². The van der Waals surface area contributed by atoms with Gasteiger partial charge in [0.1, 0.15) is 0 Å². The Kier molecular flexibility index (Phi) is 11.9. The van der Waals surface area contributed by atoms with Crippen molar-refractivity contribution in [3.63, 3.8) is 0 Å². The molecular formula is C13H30N2S. The number of hydrogen-bond donors (Lipinski definition) is 1. The Hall–Kier alpha value is 0.270. The maximum absolute atomic E-state index is 3.46. The molecule has 0 amide bonds. The number of hydrogen-bond acceptors (Lipinski definition) is 3. The van der Waals surface area contributed by atoms with Crippen molar-refractivity contribution in [2.75, 3.05) is 32.3 Å². The van der Waals surface area contributed by atoms with Crippen LogP contribution in [-0.2, 0) is 0 Å². The Morgan fingerprint density at radius 2 is 1.69 bits per heavy atom. The number of nitrogens with one attached hydrogen (secondary N) is 1. The average Bonchev–Trinajstić information content (AvgIpc) is 2.22. The van der Waals surface area contributed by atoms with Crippen LogP contribution in [0.5, 0.6) is 0 Å². The van der Waals surface area contributed by atoms with Gasteiger partial charge < -0.3 is 5.32 Å². The molecule has 3 heteroatoms. The van der Waals surface area contributed by atoms with Gasteiger partial charge >= 0.3 is 0 Å². The van der Waals surface area contributed by atoms with E-state index in [-0.39, 0.29) is 0 Å². The van der Waals surface area contributed by atoms with Crippen molar-refractivity contribution < 1.29 is 0 Å². The van der Waals surface area contributed by atoms with E-state index in [0.717, 1.165) is 5.88 Å². The molecule has 0 aliphatic heterocycles. The Morgan fingerprint density at radius 1 is 1.06 bits per heavy atom. The van der Waals surface area contributed by atoms with E-state index in [4.69, 9.17) is 0 Å². The Morgan fingerprint density at radius 3 is 2.31 bits per heavy atom. The van der Waals surface area contributed by atoms with Gasteiger partial charge in [0.2, 0.25) is 0 Å². The Balaban J connectivity index is 3.04. The zero-order chi connectivity index (χ0) is 12.2. The molecule has 0 aliphatic rings. The number of thioether (sulfide) groups is 1. The minimum absolute atomic E-state index is 0.639. The molecule has 0 aliphatic carbocycles. The van der Waals surface area contributed by atoms with Gasteiger partial charge in [-0.3, -0.25) is 4.90 Å². The van der Waals surface area contributed by atoms with Crippen LogP contribution in [0.1, 0.15) is 46.0 Å². The molecule has 0 saturated heterocycles. The molecule has 0 aromatic carbocycles. The lowest BCUT2D eigenvalue weighted by atomic mass is 10.1. The van der Waals surface area contributed by atoms with Crippen LogP contribution in [0, 0.1) is 0 Å². The van der Waals surface area contributed by atoms with E-state index in [0.29, 0.717) is 6.04 Å². The maximum atomic E-state index is 3.46. The first kappa shape index (κ1) is 16.3. The predicted molar refractivity (Wildman–Crippen MR) is 77.2 cm³/mol. The van der Waals surface area contributed by atoms with E-state index < -0.39 is 0 Å². The van der Waals surface area contributed by atoms with Gasteiger partial charge in [0.25, 0.3) is 0 Å². The van der Waals surface area contributed by atoms with Gasteiger partial charge in [-0.15, -0.1) is 11.8 Å².